The predicted octanol–water partition coefficient (Wildman–Crippen LogP) is 1.79. The fourth-order valence-corrected chi connectivity index (χ4v) is 1.35. The van der Waals surface area contributed by atoms with Crippen molar-refractivity contribution < 1.29 is 5.11 Å². The van der Waals surface area contributed by atoms with E-state index in [0.717, 1.165) is 16.7 Å². The summed E-state index contributed by atoms with van der Waals surface area (Å²) < 4.78 is 0. The van der Waals surface area contributed by atoms with Crippen molar-refractivity contribution in [3.63, 3.8) is 0 Å². The summed E-state index contributed by atoms with van der Waals surface area (Å²) in [6.45, 7) is -0.0968. The number of aliphatic hydroxyl groups excluding tert-OH is 1. The molecule has 2 rings (SSSR count). The summed E-state index contributed by atoms with van der Waals surface area (Å²) in [4.78, 5) is 10.9. The summed E-state index contributed by atoms with van der Waals surface area (Å²) in [6.07, 6.45) is 0. The van der Waals surface area contributed by atoms with Crippen LogP contribution in [0.15, 0.2) is 23.2 Å². The smallest absolute Gasteiger partial charge is 0.133 e. The van der Waals surface area contributed by atoms with Gasteiger partial charge in [-0.15, -0.1) is 0 Å². The maximum atomic E-state index is 8.87. The minimum atomic E-state index is -0.0968. The molecule has 0 atom stereocenters. The number of isothiocyanates is 1. The lowest BCUT2D eigenvalue weighted by Gasteiger charge is -1.89. The zero-order valence-electron chi connectivity index (χ0n) is 7.19. The van der Waals surface area contributed by atoms with Gasteiger partial charge in [-0.25, -0.2) is 4.98 Å². The van der Waals surface area contributed by atoms with Gasteiger partial charge in [0.2, 0.25) is 0 Å². The number of aliphatic hydroxyl groups is 1. The van der Waals surface area contributed by atoms with Crippen LogP contribution >= 0.6 is 12.2 Å². The number of aliphatic imine (C=N–C) groups is 1. The first-order valence-electron chi connectivity index (χ1n) is 4.01. The maximum absolute atomic E-state index is 8.87. The van der Waals surface area contributed by atoms with Crippen LogP contribution in [0.1, 0.15) is 5.82 Å². The van der Waals surface area contributed by atoms with Gasteiger partial charge in [0.05, 0.1) is 21.9 Å². The first kappa shape index (κ1) is 9.02. The Bertz CT molecular complexity index is 514. The Morgan fingerprint density at radius 3 is 3.14 bits per heavy atom. The summed E-state index contributed by atoms with van der Waals surface area (Å²) in [7, 11) is 0. The van der Waals surface area contributed by atoms with Crippen molar-refractivity contribution in [3.8, 4) is 0 Å². The number of hydrogen-bond acceptors (Lipinski definition) is 4. The minimum absolute atomic E-state index is 0.0968. The molecule has 0 spiro atoms. The molecule has 2 N–H and O–H groups in total. The first-order chi connectivity index (χ1) is 6.83. The molecule has 2 aromatic rings. The quantitative estimate of drug-likeness (QED) is 0.580. The molecule has 0 radical (unpaired) electrons. The van der Waals surface area contributed by atoms with Gasteiger partial charge in [-0.2, -0.15) is 4.99 Å². The molecule has 0 fully saturated rings. The molecule has 0 saturated carbocycles. The van der Waals surface area contributed by atoms with E-state index >= 15 is 0 Å². The van der Waals surface area contributed by atoms with E-state index in [2.05, 4.69) is 32.3 Å². The van der Waals surface area contributed by atoms with Gasteiger partial charge in [0.25, 0.3) is 0 Å². The van der Waals surface area contributed by atoms with Crippen LogP contribution in [0.3, 0.4) is 0 Å². The number of rotatable bonds is 2. The third-order valence-corrected chi connectivity index (χ3v) is 1.93. The number of imidazole rings is 1. The number of benzene rings is 1. The summed E-state index contributed by atoms with van der Waals surface area (Å²) in [5.74, 6) is 0.545. The number of thiocarbonyl (C=S) groups is 1. The summed E-state index contributed by atoms with van der Waals surface area (Å²) >= 11 is 4.50. The number of H-pyrrole nitrogens is 1. The molecule has 70 valence electrons. The van der Waals surface area contributed by atoms with Crippen LogP contribution in [0.5, 0.6) is 0 Å². The van der Waals surface area contributed by atoms with Gasteiger partial charge in [-0.3, -0.25) is 0 Å². The van der Waals surface area contributed by atoms with E-state index in [9.17, 15) is 0 Å². The lowest BCUT2D eigenvalue weighted by Crippen LogP contribution is -1.83. The van der Waals surface area contributed by atoms with Crippen molar-refractivity contribution in [2.45, 2.75) is 6.61 Å². The van der Waals surface area contributed by atoms with Gasteiger partial charge in [0.1, 0.15) is 12.4 Å². The van der Waals surface area contributed by atoms with Gasteiger partial charge < -0.3 is 10.1 Å². The zero-order chi connectivity index (χ0) is 9.97. The highest BCUT2D eigenvalue weighted by molar-refractivity contribution is 7.78. The van der Waals surface area contributed by atoms with E-state index in [4.69, 9.17) is 5.11 Å². The van der Waals surface area contributed by atoms with Gasteiger partial charge in [0, 0.05) is 0 Å². The van der Waals surface area contributed by atoms with Crippen LogP contribution in [-0.2, 0) is 6.61 Å². The van der Waals surface area contributed by atoms with Crippen molar-refractivity contribution in [1.82, 2.24) is 9.97 Å². The van der Waals surface area contributed by atoms with Crippen LogP contribution < -0.4 is 0 Å². The number of fused-ring (bicyclic) bond motifs is 1. The highest BCUT2D eigenvalue weighted by Crippen LogP contribution is 2.18. The third-order valence-electron chi connectivity index (χ3n) is 1.84. The Hall–Kier alpha value is -1.55. The maximum Gasteiger partial charge on any atom is 0.133 e. The van der Waals surface area contributed by atoms with E-state index in [1.807, 2.05) is 6.07 Å². The van der Waals surface area contributed by atoms with Crippen molar-refractivity contribution in [2.75, 3.05) is 0 Å². The lowest BCUT2D eigenvalue weighted by atomic mass is 10.3. The zero-order valence-corrected chi connectivity index (χ0v) is 8.01. The molecule has 0 amide bonds. The molecule has 0 saturated heterocycles. The topological polar surface area (TPSA) is 61.3 Å². The first-order valence-corrected chi connectivity index (χ1v) is 4.41. The molecule has 0 aliphatic carbocycles. The van der Waals surface area contributed by atoms with Crippen LogP contribution in [0.2, 0.25) is 0 Å². The van der Waals surface area contributed by atoms with Crippen LogP contribution in [-0.4, -0.2) is 20.2 Å². The van der Waals surface area contributed by atoms with Crippen molar-refractivity contribution in [1.29, 1.82) is 0 Å². The summed E-state index contributed by atoms with van der Waals surface area (Å²) in [5, 5.41) is 11.2. The second kappa shape index (κ2) is 3.67. The largest absolute Gasteiger partial charge is 0.388 e. The van der Waals surface area contributed by atoms with E-state index < -0.39 is 0 Å². The van der Waals surface area contributed by atoms with Gasteiger partial charge in [-0.05, 0) is 30.4 Å². The molecule has 1 aromatic carbocycles. The normalized spacial score (nSPS) is 10.1. The number of nitrogens with zero attached hydrogens (tertiary/aromatic N) is 2. The molecule has 1 aromatic heterocycles. The molecule has 0 bridgehead atoms. The minimum Gasteiger partial charge on any atom is -0.388 e. The van der Waals surface area contributed by atoms with Crippen LogP contribution in [0.25, 0.3) is 11.0 Å². The highest BCUT2D eigenvalue weighted by atomic mass is 32.1. The van der Waals surface area contributed by atoms with Crippen molar-refractivity contribution in [2.24, 2.45) is 4.99 Å². The number of aromatic nitrogens is 2. The second-order valence-corrected chi connectivity index (χ2v) is 2.93. The molecule has 0 aliphatic rings. The molecular weight excluding hydrogens is 198 g/mol. The van der Waals surface area contributed by atoms with Gasteiger partial charge in [0.15, 0.2) is 0 Å². The SMILES string of the molecule is OCc1nc2ccc(N=C=S)cc2[nH]1. The van der Waals surface area contributed by atoms with E-state index in [-0.39, 0.29) is 6.61 Å². The Labute approximate surface area is 85.3 Å². The number of nitrogens with one attached hydrogen (secondary N) is 1. The summed E-state index contributed by atoms with van der Waals surface area (Å²) in [5.41, 5.74) is 2.36. The van der Waals surface area contributed by atoms with Crippen LogP contribution in [0, 0.1) is 0 Å². The average molecular weight is 205 g/mol. The van der Waals surface area contributed by atoms with E-state index in [0.29, 0.717) is 5.82 Å². The van der Waals surface area contributed by atoms with Crippen molar-refractivity contribution >= 4 is 34.1 Å². The fraction of sp³-hybridized carbons (Fsp3) is 0.111. The van der Waals surface area contributed by atoms with Crippen LogP contribution in [0.4, 0.5) is 5.69 Å². The van der Waals surface area contributed by atoms with Gasteiger partial charge >= 0.3 is 0 Å². The summed E-state index contributed by atoms with van der Waals surface area (Å²) in [6, 6.07) is 5.42. The molecule has 0 aliphatic heterocycles. The Kier molecular flexibility index (Phi) is 2.37. The lowest BCUT2D eigenvalue weighted by molar-refractivity contribution is 0.273. The molecule has 5 heteroatoms. The standard InChI is InChI=1S/C9H7N3OS/c13-4-9-11-7-2-1-6(10-5-14)3-8(7)12-9/h1-3,13H,4H2,(H,11,12). The molecule has 0 unspecified atom stereocenters. The molecule has 1 heterocycles. The number of hydrogen-bond donors (Lipinski definition) is 2. The Balaban J connectivity index is 2.59. The molecule has 4 nitrogen and oxygen atoms in total. The monoisotopic (exact) mass is 205 g/mol. The van der Waals surface area contributed by atoms with Gasteiger partial charge in [-0.1, -0.05) is 0 Å². The second-order valence-electron chi connectivity index (χ2n) is 2.75. The number of aromatic amines is 1. The van der Waals surface area contributed by atoms with E-state index in [1.165, 1.54) is 0 Å². The highest BCUT2D eigenvalue weighted by Gasteiger charge is 2.01. The fourth-order valence-electron chi connectivity index (χ4n) is 1.25. The third kappa shape index (κ3) is 1.56. The Morgan fingerprint density at radius 1 is 1.57 bits per heavy atom. The predicted molar refractivity (Wildman–Crippen MR) is 56.7 cm³/mol. The molecular formula is C9H7N3OS. The molecule has 14 heavy (non-hydrogen) atoms. The average Bonchev–Trinajstić information content (AvgIpc) is 2.60. The Morgan fingerprint density at radius 2 is 2.43 bits per heavy atom. The van der Waals surface area contributed by atoms with Crippen molar-refractivity contribution in [3.05, 3.63) is 24.0 Å². The van der Waals surface area contributed by atoms with E-state index in [1.54, 1.807) is 12.1 Å².